The lowest BCUT2D eigenvalue weighted by Gasteiger charge is -2.32. The highest BCUT2D eigenvalue weighted by atomic mass is 35.5. The molecule has 1 atom stereocenters. The summed E-state index contributed by atoms with van der Waals surface area (Å²) in [5, 5.41) is 3.07. The summed E-state index contributed by atoms with van der Waals surface area (Å²) >= 11 is 0. The molecular weight excluding hydrogens is 268 g/mol. The van der Waals surface area contributed by atoms with Crippen LogP contribution in [0.5, 0.6) is 0 Å². The molecule has 0 aromatic rings. The predicted molar refractivity (Wildman–Crippen MR) is 76.3 cm³/mol. The molecule has 1 N–H and O–H groups in total. The fraction of sp³-hybridized carbons (Fsp3) is 0.692. The monoisotopic (exact) mass is 290 g/mol. The molecule has 0 saturated carbocycles. The first-order valence-electron chi connectivity index (χ1n) is 6.47. The number of hydrogen-bond acceptors (Lipinski definition) is 4. The largest absolute Gasteiger partial charge is 0.466 e. The van der Waals surface area contributed by atoms with Crippen LogP contribution in [0.4, 0.5) is 0 Å². The molecule has 0 spiro atoms. The molecule has 1 saturated heterocycles. The maximum atomic E-state index is 12.1. The lowest BCUT2D eigenvalue weighted by Crippen LogP contribution is -2.55. The zero-order valence-corrected chi connectivity index (χ0v) is 12.2. The van der Waals surface area contributed by atoms with Crippen molar-refractivity contribution < 1.29 is 14.3 Å². The van der Waals surface area contributed by atoms with Crippen LogP contribution in [0.15, 0.2) is 12.7 Å². The minimum absolute atomic E-state index is 0. The third-order valence-corrected chi connectivity index (χ3v) is 2.89. The van der Waals surface area contributed by atoms with E-state index in [4.69, 9.17) is 4.74 Å². The van der Waals surface area contributed by atoms with Gasteiger partial charge < -0.3 is 15.0 Å². The Morgan fingerprint density at radius 2 is 2.37 bits per heavy atom. The van der Waals surface area contributed by atoms with E-state index in [2.05, 4.69) is 11.9 Å². The van der Waals surface area contributed by atoms with Gasteiger partial charge in [0.25, 0.3) is 0 Å². The number of unbranched alkanes of at least 4 members (excludes halogenated alkanes) is 1. The summed E-state index contributed by atoms with van der Waals surface area (Å²) in [6.07, 6.45) is 3.79. The molecular formula is C13H23ClN2O3. The van der Waals surface area contributed by atoms with Crippen LogP contribution in [-0.2, 0) is 14.3 Å². The highest BCUT2D eigenvalue weighted by Gasteiger charge is 2.29. The van der Waals surface area contributed by atoms with Crippen molar-refractivity contribution in [1.29, 1.82) is 0 Å². The van der Waals surface area contributed by atoms with Crippen LogP contribution in [0.2, 0.25) is 0 Å². The highest BCUT2D eigenvalue weighted by Crippen LogP contribution is 2.07. The average molecular weight is 291 g/mol. The molecule has 5 nitrogen and oxygen atoms in total. The molecule has 1 unspecified atom stereocenters. The van der Waals surface area contributed by atoms with Crippen LogP contribution in [0.1, 0.15) is 26.2 Å². The first-order valence-corrected chi connectivity index (χ1v) is 6.47. The number of esters is 1. The quantitative estimate of drug-likeness (QED) is 0.434. The second-order valence-corrected chi connectivity index (χ2v) is 4.27. The van der Waals surface area contributed by atoms with Crippen LogP contribution < -0.4 is 5.32 Å². The Morgan fingerprint density at radius 1 is 1.63 bits per heavy atom. The van der Waals surface area contributed by atoms with Crippen molar-refractivity contribution in [3.05, 3.63) is 12.7 Å². The lowest BCUT2D eigenvalue weighted by molar-refractivity contribution is -0.148. The Kier molecular flexibility index (Phi) is 9.26. The molecule has 1 heterocycles. The Bertz CT molecular complexity index is 310. The number of amides is 1. The van der Waals surface area contributed by atoms with E-state index in [-0.39, 0.29) is 30.7 Å². The molecule has 0 aromatic heterocycles. The number of hydrogen-bond donors (Lipinski definition) is 1. The van der Waals surface area contributed by atoms with Gasteiger partial charge >= 0.3 is 5.97 Å². The van der Waals surface area contributed by atoms with Crippen molar-refractivity contribution in [2.24, 2.45) is 0 Å². The van der Waals surface area contributed by atoms with Gasteiger partial charge in [-0.1, -0.05) is 6.08 Å². The van der Waals surface area contributed by atoms with Gasteiger partial charge in [-0.3, -0.25) is 9.59 Å². The Hall–Kier alpha value is -1.07. The smallest absolute Gasteiger partial charge is 0.307 e. The molecule has 1 aliphatic heterocycles. The zero-order chi connectivity index (χ0) is 13.4. The Morgan fingerprint density at radius 3 is 3.00 bits per heavy atom. The fourth-order valence-electron chi connectivity index (χ4n) is 1.99. The number of rotatable bonds is 7. The SMILES string of the molecule is C=CCCCN1CCNC(CC(=O)OCC)C1=O.Cl. The molecule has 0 aliphatic carbocycles. The van der Waals surface area contributed by atoms with E-state index in [1.54, 1.807) is 6.92 Å². The van der Waals surface area contributed by atoms with Gasteiger partial charge in [0.15, 0.2) is 0 Å². The van der Waals surface area contributed by atoms with Gasteiger partial charge in [-0.25, -0.2) is 0 Å². The van der Waals surface area contributed by atoms with Gasteiger partial charge in [-0.2, -0.15) is 0 Å². The van der Waals surface area contributed by atoms with Crippen LogP contribution in [0.25, 0.3) is 0 Å². The molecule has 1 amide bonds. The summed E-state index contributed by atoms with van der Waals surface area (Å²) in [5.74, 6) is -0.324. The van der Waals surface area contributed by atoms with Gasteiger partial charge in [-0.05, 0) is 19.8 Å². The maximum absolute atomic E-state index is 12.1. The normalized spacial score (nSPS) is 18.7. The minimum atomic E-state index is -0.429. The maximum Gasteiger partial charge on any atom is 0.307 e. The lowest BCUT2D eigenvalue weighted by atomic mass is 10.1. The minimum Gasteiger partial charge on any atom is -0.466 e. The summed E-state index contributed by atoms with van der Waals surface area (Å²) in [6.45, 7) is 7.93. The second kappa shape index (κ2) is 9.81. The van der Waals surface area contributed by atoms with Gasteiger partial charge in [0.05, 0.1) is 19.1 Å². The first-order chi connectivity index (χ1) is 8.69. The average Bonchev–Trinajstić information content (AvgIpc) is 2.34. The number of halogens is 1. The van der Waals surface area contributed by atoms with Crippen LogP contribution in [-0.4, -0.2) is 49.1 Å². The number of nitrogens with zero attached hydrogens (tertiary/aromatic N) is 1. The van der Waals surface area contributed by atoms with Crippen molar-refractivity contribution in [3.63, 3.8) is 0 Å². The topological polar surface area (TPSA) is 58.6 Å². The van der Waals surface area contributed by atoms with Crippen molar-refractivity contribution in [1.82, 2.24) is 10.2 Å². The summed E-state index contributed by atoms with van der Waals surface area (Å²) < 4.78 is 4.86. The van der Waals surface area contributed by atoms with Crippen LogP contribution in [0, 0.1) is 0 Å². The number of nitrogens with one attached hydrogen (secondary N) is 1. The van der Waals surface area contributed by atoms with Gasteiger partial charge in [0.1, 0.15) is 0 Å². The third kappa shape index (κ3) is 6.07. The third-order valence-electron chi connectivity index (χ3n) is 2.89. The van der Waals surface area contributed by atoms with E-state index in [9.17, 15) is 9.59 Å². The molecule has 0 bridgehead atoms. The molecule has 1 aliphatic rings. The van der Waals surface area contributed by atoms with E-state index in [1.165, 1.54) is 0 Å². The Labute approximate surface area is 120 Å². The van der Waals surface area contributed by atoms with Crippen LogP contribution >= 0.6 is 12.4 Å². The van der Waals surface area contributed by atoms with Gasteiger partial charge in [-0.15, -0.1) is 19.0 Å². The molecule has 110 valence electrons. The first kappa shape index (κ1) is 17.9. The van der Waals surface area contributed by atoms with Crippen LogP contribution in [0.3, 0.4) is 0 Å². The zero-order valence-electron chi connectivity index (χ0n) is 11.4. The number of ether oxygens (including phenoxy) is 1. The van der Waals surface area contributed by atoms with E-state index in [0.717, 1.165) is 25.9 Å². The van der Waals surface area contributed by atoms with E-state index < -0.39 is 6.04 Å². The van der Waals surface area contributed by atoms with Crippen molar-refractivity contribution in [2.45, 2.75) is 32.2 Å². The van der Waals surface area contributed by atoms with E-state index >= 15 is 0 Å². The summed E-state index contributed by atoms with van der Waals surface area (Å²) in [6, 6.07) is -0.429. The number of piperazine rings is 1. The van der Waals surface area contributed by atoms with Gasteiger partial charge in [0, 0.05) is 19.6 Å². The predicted octanol–water partition coefficient (Wildman–Crippen LogP) is 1.13. The molecule has 6 heteroatoms. The standard InChI is InChI=1S/C13H22N2O3.ClH/c1-3-5-6-8-15-9-7-14-11(13(15)17)10-12(16)18-4-2;/h3,11,14H,1,4-10H2,2H3;1H. The number of carbonyl (C=O) groups excluding carboxylic acids is 2. The fourth-order valence-corrected chi connectivity index (χ4v) is 1.99. The van der Waals surface area contributed by atoms with Crippen molar-refractivity contribution in [3.8, 4) is 0 Å². The number of allylic oxidation sites excluding steroid dienone is 1. The molecule has 19 heavy (non-hydrogen) atoms. The summed E-state index contributed by atoms with van der Waals surface area (Å²) in [7, 11) is 0. The van der Waals surface area contributed by atoms with E-state index in [0.29, 0.717) is 13.2 Å². The second-order valence-electron chi connectivity index (χ2n) is 4.27. The molecule has 0 aromatic carbocycles. The van der Waals surface area contributed by atoms with Crippen molar-refractivity contribution >= 4 is 24.3 Å². The molecule has 1 fully saturated rings. The molecule has 0 radical (unpaired) electrons. The van der Waals surface area contributed by atoms with Crippen molar-refractivity contribution in [2.75, 3.05) is 26.2 Å². The molecule has 1 rings (SSSR count). The summed E-state index contributed by atoms with van der Waals surface area (Å²) in [5.41, 5.74) is 0. The Balaban J connectivity index is 0.00000324. The van der Waals surface area contributed by atoms with E-state index in [1.807, 2.05) is 11.0 Å². The number of carbonyl (C=O) groups is 2. The summed E-state index contributed by atoms with van der Waals surface area (Å²) in [4.78, 5) is 25.3. The van der Waals surface area contributed by atoms with Gasteiger partial charge in [0.2, 0.25) is 5.91 Å². The highest BCUT2D eigenvalue weighted by molar-refractivity contribution is 5.87.